The van der Waals surface area contributed by atoms with Gasteiger partial charge in [0.25, 0.3) is 0 Å². The molecule has 25 heavy (non-hydrogen) atoms. The van der Waals surface area contributed by atoms with E-state index in [2.05, 4.69) is 6.92 Å². The molecule has 0 spiro atoms. The van der Waals surface area contributed by atoms with Gasteiger partial charge in [0.2, 0.25) is 11.8 Å². The molecule has 0 aromatic heterocycles. The molecular formula is C20H30N2O3. The van der Waals surface area contributed by atoms with Crippen LogP contribution in [0.5, 0.6) is 5.75 Å². The Morgan fingerprint density at radius 3 is 2.56 bits per heavy atom. The van der Waals surface area contributed by atoms with Crippen LogP contribution in [0.1, 0.15) is 45.1 Å². The van der Waals surface area contributed by atoms with Gasteiger partial charge >= 0.3 is 0 Å². The number of hydrogen-bond acceptors (Lipinski definition) is 3. The molecule has 1 aliphatic heterocycles. The van der Waals surface area contributed by atoms with Crippen LogP contribution >= 0.6 is 0 Å². The Bertz CT molecular complexity index is 571. The van der Waals surface area contributed by atoms with E-state index in [9.17, 15) is 9.59 Å². The molecule has 1 atom stereocenters. The molecule has 5 nitrogen and oxygen atoms in total. The number of hydrogen-bond donors (Lipinski definition) is 0. The van der Waals surface area contributed by atoms with E-state index in [-0.39, 0.29) is 18.4 Å². The van der Waals surface area contributed by atoms with Gasteiger partial charge in [-0.3, -0.25) is 9.59 Å². The number of carbonyl (C=O) groups is 2. The van der Waals surface area contributed by atoms with Crippen LogP contribution in [0.4, 0.5) is 0 Å². The Hall–Kier alpha value is -2.04. The van der Waals surface area contributed by atoms with Gasteiger partial charge in [-0.25, -0.2) is 0 Å². The minimum absolute atomic E-state index is 0.0491. The van der Waals surface area contributed by atoms with Gasteiger partial charge in [0, 0.05) is 26.1 Å². The number of ether oxygens (including phenoxy) is 1. The lowest BCUT2D eigenvalue weighted by Gasteiger charge is -2.36. The third kappa shape index (κ3) is 5.48. The third-order valence-corrected chi connectivity index (χ3v) is 5.02. The van der Waals surface area contributed by atoms with Crippen molar-refractivity contribution in [3.05, 3.63) is 29.8 Å². The summed E-state index contributed by atoms with van der Waals surface area (Å²) in [6.45, 7) is 5.22. The number of benzene rings is 1. The van der Waals surface area contributed by atoms with Crippen molar-refractivity contribution in [3.63, 3.8) is 0 Å². The Labute approximate surface area is 150 Å². The second-order valence-corrected chi connectivity index (χ2v) is 6.68. The first-order chi connectivity index (χ1) is 12.0. The summed E-state index contributed by atoms with van der Waals surface area (Å²) in [6.07, 6.45) is 5.05. The summed E-state index contributed by atoms with van der Waals surface area (Å²) in [4.78, 5) is 28.3. The van der Waals surface area contributed by atoms with Crippen LogP contribution in [0.15, 0.2) is 24.3 Å². The van der Waals surface area contributed by atoms with Crippen molar-refractivity contribution in [2.24, 2.45) is 0 Å². The predicted octanol–water partition coefficient (Wildman–Crippen LogP) is 2.88. The summed E-state index contributed by atoms with van der Waals surface area (Å²) in [5.74, 6) is 0.849. The monoisotopic (exact) mass is 346 g/mol. The number of amides is 2. The largest absolute Gasteiger partial charge is 0.497 e. The lowest BCUT2D eigenvalue weighted by molar-refractivity contribution is -0.141. The van der Waals surface area contributed by atoms with Crippen molar-refractivity contribution in [3.8, 4) is 5.75 Å². The molecule has 0 radical (unpaired) electrons. The van der Waals surface area contributed by atoms with E-state index in [4.69, 9.17) is 4.74 Å². The van der Waals surface area contributed by atoms with Crippen molar-refractivity contribution in [1.82, 2.24) is 9.80 Å². The van der Waals surface area contributed by atoms with Crippen LogP contribution in [-0.4, -0.2) is 54.4 Å². The van der Waals surface area contributed by atoms with E-state index < -0.39 is 0 Å². The lowest BCUT2D eigenvalue weighted by Crippen LogP contribution is -2.49. The number of carbonyl (C=O) groups excluding carboxylic acids is 2. The molecule has 5 heteroatoms. The Kier molecular flexibility index (Phi) is 7.29. The molecule has 2 amide bonds. The van der Waals surface area contributed by atoms with Crippen LogP contribution < -0.4 is 4.74 Å². The fourth-order valence-corrected chi connectivity index (χ4v) is 3.41. The minimum atomic E-state index is -0.0491. The third-order valence-electron chi connectivity index (χ3n) is 5.02. The Balaban J connectivity index is 1.93. The Morgan fingerprint density at radius 1 is 1.24 bits per heavy atom. The van der Waals surface area contributed by atoms with E-state index in [1.165, 1.54) is 13.3 Å². The summed E-state index contributed by atoms with van der Waals surface area (Å²) in [5.41, 5.74) is 1.13. The highest BCUT2D eigenvalue weighted by Gasteiger charge is 2.26. The molecule has 1 aromatic rings. The van der Waals surface area contributed by atoms with E-state index in [0.29, 0.717) is 12.6 Å². The maximum atomic E-state index is 12.7. The molecule has 1 aromatic carbocycles. The first-order valence-electron chi connectivity index (χ1n) is 9.23. The molecule has 0 aliphatic carbocycles. The second kappa shape index (κ2) is 9.44. The second-order valence-electron chi connectivity index (χ2n) is 6.68. The molecule has 0 saturated carbocycles. The standard InChI is InChI=1S/C20H30N2O3/c1-4-18-7-5-6-13-22(18)20(24)15-21(16(2)23)14-12-17-8-10-19(25-3)11-9-17/h8-11,18H,4-7,12-15H2,1-3H3. The molecule has 1 heterocycles. The quantitative estimate of drug-likeness (QED) is 0.763. The summed E-state index contributed by atoms with van der Waals surface area (Å²) >= 11 is 0. The molecule has 2 rings (SSSR count). The topological polar surface area (TPSA) is 49.9 Å². The van der Waals surface area contributed by atoms with E-state index in [0.717, 1.165) is 43.5 Å². The van der Waals surface area contributed by atoms with Crippen LogP contribution in [-0.2, 0) is 16.0 Å². The zero-order chi connectivity index (χ0) is 18.2. The van der Waals surface area contributed by atoms with Gasteiger partial charge in [-0.05, 0) is 49.8 Å². The van der Waals surface area contributed by atoms with E-state index in [1.807, 2.05) is 29.2 Å². The summed E-state index contributed by atoms with van der Waals surface area (Å²) in [7, 11) is 1.64. The smallest absolute Gasteiger partial charge is 0.242 e. The number of likely N-dealkylation sites (tertiary alicyclic amines) is 1. The van der Waals surface area contributed by atoms with Gasteiger partial charge in [-0.2, -0.15) is 0 Å². The van der Waals surface area contributed by atoms with Crippen molar-refractivity contribution in [1.29, 1.82) is 0 Å². The van der Waals surface area contributed by atoms with Gasteiger partial charge in [-0.15, -0.1) is 0 Å². The molecule has 0 bridgehead atoms. The molecule has 138 valence electrons. The first-order valence-corrected chi connectivity index (χ1v) is 9.23. The first kappa shape index (κ1) is 19.3. The van der Waals surface area contributed by atoms with Crippen LogP contribution in [0.2, 0.25) is 0 Å². The molecular weight excluding hydrogens is 316 g/mol. The van der Waals surface area contributed by atoms with Gasteiger partial charge in [-0.1, -0.05) is 19.1 Å². The molecule has 1 fully saturated rings. The van der Waals surface area contributed by atoms with Crippen molar-refractivity contribution < 1.29 is 14.3 Å². The number of methoxy groups -OCH3 is 1. The number of piperidine rings is 1. The molecule has 1 aliphatic rings. The maximum absolute atomic E-state index is 12.7. The fraction of sp³-hybridized carbons (Fsp3) is 0.600. The lowest BCUT2D eigenvalue weighted by atomic mass is 10.00. The van der Waals surface area contributed by atoms with Gasteiger partial charge in [0.15, 0.2) is 0 Å². The predicted molar refractivity (Wildman–Crippen MR) is 98.6 cm³/mol. The van der Waals surface area contributed by atoms with Crippen LogP contribution in [0, 0.1) is 0 Å². The molecule has 1 unspecified atom stereocenters. The minimum Gasteiger partial charge on any atom is -0.497 e. The highest BCUT2D eigenvalue weighted by Crippen LogP contribution is 2.20. The van der Waals surface area contributed by atoms with Crippen molar-refractivity contribution in [2.45, 2.75) is 52.0 Å². The summed E-state index contributed by atoms with van der Waals surface area (Å²) < 4.78 is 5.16. The van der Waals surface area contributed by atoms with Gasteiger partial charge in [0.05, 0.1) is 13.7 Å². The number of rotatable bonds is 7. The highest BCUT2D eigenvalue weighted by molar-refractivity contribution is 5.84. The molecule has 1 saturated heterocycles. The average Bonchev–Trinajstić information content (AvgIpc) is 2.65. The van der Waals surface area contributed by atoms with Gasteiger partial charge < -0.3 is 14.5 Å². The number of nitrogens with zero attached hydrogens (tertiary/aromatic N) is 2. The summed E-state index contributed by atoms with van der Waals surface area (Å²) in [5, 5.41) is 0. The zero-order valence-corrected chi connectivity index (χ0v) is 15.7. The van der Waals surface area contributed by atoms with E-state index >= 15 is 0 Å². The van der Waals surface area contributed by atoms with Crippen LogP contribution in [0.3, 0.4) is 0 Å². The summed E-state index contributed by atoms with van der Waals surface area (Å²) in [6, 6.07) is 8.15. The zero-order valence-electron chi connectivity index (χ0n) is 15.7. The van der Waals surface area contributed by atoms with Crippen molar-refractivity contribution >= 4 is 11.8 Å². The van der Waals surface area contributed by atoms with E-state index in [1.54, 1.807) is 12.0 Å². The SMILES string of the molecule is CCC1CCCCN1C(=O)CN(CCc1ccc(OC)cc1)C(C)=O. The maximum Gasteiger partial charge on any atom is 0.242 e. The van der Waals surface area contributed by atoms with Crippen LogP contribution in [0.25, 0.3) is 0 Å². The van der Waals surface area contributed by atoms with Gasteiger partial charge in [0.1, 0.15) is 5.75 Å². The average molecular weight is 346 g/mol. The fourth-order valence-electron chi connectivity index (χ4n) is 3.41. The Morgan fingerprint density at radius 2 is 1.96 bits per heavy atom. The van der Waals surface area contributed by atoms with Crippen molar-refractivity contribution in [2.75, 3.05) is 26.7 Å². The highest BCUT2D eigenvalue weighted by atomic mass is 16.5. The normalized spacial score (nSPS) is 17.2. The molecule has 0 N–H and O–H groups in total.